The molecule has 2 N–H and O–H groups in total. The van der Waals surface area contributed by atoms with Gasteiger partial charge in [-0.1, -0.05) is 6.07 Å². The van der Waals surface area contributed by atoms with Crippen LogP contribution in [0.2, 0.25) is 0 Å². The highest BCUT2D eigenvalue weighted by Crippen LogP contribution is 2.18. The lowest BCUT2D eigenvalue weighted by atomic mass is 10.2. The van der Waals surface area contributed by atoms with E-state index in [1.165, 1.54) is 0 Å². The van der Waals surface area contributed by atoms with E-state index in [0.717, 1.165) is 16.9 Å². The Bertz CT molecular complexity index is 586. The first-order chi connectivity index (χ1) is 10.2. The van der Waals surface area contributed by atoms with Crippen molar-refractivity contribution in [1.29, 1.82) is 5.26 Å². The van der Waals surface area contributed by atoms with Crippen LogP contribution in [-0.2, 0) is 6.54 Å². The van der Waals surface area contributed by atoms with Crippen molar-refractivity contribution >= 4 is 5.69 Å². The highest BCUT2D eigenvalue weighted by Gasteiger charge is 2.09. The Hall–Kier alpha value is -2.45. The minimum atomic E-state index is -0.0788. The van der Waals surface area contributed by atoms with Gasteiger partial charge in [0.1, 0.15) is 0 Å². The molecule has 0 radical (unpaired) electrons. The van der Waals surface area contributed by atoms with Gasteiger partial charge in [-0.25, -0.2) is 0 Å². The summed E-state index contributed by atoms with van der Waals surface area (Å²) in [5.41, 5.74) is 8.77. The maximum Gasteiger partial charge on any atom is 0.0640 e. The molecule has 1 unspecified atom stereocenters. The van der Waals surface area contributed by atoms with Crippen LogP contribution in [0, 0.1) is 11.3 Å². The molecule has 0 fully saturated rings. The predicted octanol–water partition coefficient (Wildman–Crippen LogP) is 2.42. The van der Waals surface area contributed by atoms with Crippen LogP contribution in [0.25, 0.3) is 0 Å². The molecule has 0 aliphatic carbocycles. The van der Waals surface area contributed by atoms with Crippen molar-refractivity contribution in [2.24, 2.45) is 5.73 Å². The van der Waals surface area contributed by atoms with E-state index in [0.29, 0.717) is 19.5 Å². The maximum absolute atomic E-state index is 8.82. The molecule has 1 atom stereocenters. The molecule has 2 rings (SSSR count). The largest absolute Gasteiger partial charge is 0.365 e. The smallest absolute Gasteiger partial charge is 0.0640 e. The van der Waals surface area contributed by atoms with Crippen molar-refractivity contribution in [2.75, 3.05) is 11.4 Å². The Morgan fingerprint density at radius 1 is 1.33 bits per heavy atom. The third kappa shape index (κ3) is 4.26. The molecule has 0 amide bonds. The highest BCUT2D eigenvalue weighted by atomic mass is 15.1. The second kappa shape index (κ2) is 7.36. The van der Waals surface area contributed by atoms with Crippen molar-refractivity contribution in [3.63, 3.8) is 0 Å². The van der Waals surface area contributed by atoms with E-state index in [9.17, 15) is 0 Å². The summed E-state index contributed by atoms with van der Waals surface area (Å²) in [7, 11) is 0. The highest BCUT2D eigenvalue weighted by molar-refractivity contribution is 5.45. The van der Waals surface area contributed by atoms with E-state index >= 15 is 0 Å². The zero-order valence-corrected chi connectivity index (χ0v) is 12.1. The first-order valence-corrected chi connectivity index (χ1v) is 6.93. The van der Waals surface area contributed by atoms with Gasteiger partial charge in [0.2, 0.25) is 0 Å². The second-order valence-electron chi connectivity index (χ2n) is 4.92. The van der Waals surface area contributed by atoms with E-state index in [1.807, 2.05) is 43.6 Å². The number of rotatable bonds is 6. The van der Waals surface area contributed by atoms with Crippen LogP contribution in [-0.4, -0.2) is 16.5 Å². The normalized spacial score (nSPS) is 11.7. The molecule has 0 saturated heterocycles. The third-order valence-electron chi connectivity index (χ3n) is 3.19. The Labute approximate surface area is 125 Å². The number of nitriles is 1. The fraction of sp³-hybridized carbons (Fsp3) is 0.312. The summed E-state index contributed by atoms with van der Waals surface area (Å²) in [6.45, 7) is 3.27. The van der Waals surface area contributed by atoms with Crippen LogP contribution < -0.4 is 10.6 Å². The lowest BCUT2D eigenvalue weighted by molar-refractivity contribution is 0.767. The van der Waals surface area contributed by atoms with Gasteiger partial charge >= 0.3 is 0 Å². The summed E-state index contributed by atoms with van der Waals surface area (Å²) in [5.74, 6) is 0. The third-order valence-corrected chi connectivity index (χ3v) is 3.19. The van der Waals surface area contributed by atoms with Gasteiger partial charge < -0.3 is 10.6 Å². The minimum absolute atomic E-state index is 0.0788. The standard InChI is InChI=1S/C16H19N5/c1-13(18)16-6-5-15(11-20-16)21(9-3-7-17)12-14-4-2-8-19-10-14/h2,4-6,8,10-11,13H,3,9,12,18H2,1H3. The number of aromatic nitrogens is 2. The maximum atomic E-state index is 8.82. The van der Waals surface area contributed by atoms with Gasteiger partial charge in [0.05, 0.1) is 30.1 Å². The zero-order chi connectivity index (χ0) is 15.1. The lowest BCUT2D eigenvalue weighted by Crippen LogP contribution is -2.24. The Morgan fingerprint density at radius 2 is 2.19 bits per heavy atom. The molecule has 2 heterocycles. The van der Waals surface area contributed by atoms with Crippen LogP contribution in [0.15, 0.2) is 42.9 Å². The number of nitrogens with two attached hydrogens (primary N) is 1. The molecule has 5 nitrogen and oxygen atoms in total. The topological polar surface area (TPSA) is 78.8 Å². The summed E-state index contributed by atoms with van der Waals surface area (Å²) in [6, 6.07) is 9.98. The molecular weight excluding hydrogens is 262 g/mol. The number of hydrogen-bond acceptors (Lipinski definition) is 5. The van der Waals surface area contributed by atoms with Crippen molar-refractivity contribution < 1.29 is 0 Å². The zero-order valence-electron chi connectivity index (χ0n) is 12.1. The molecule has 0 aliphatic rings. The first kappa shape index (κ1) is 14.9. The van der Waals surface area contributed by atoms with Crippen LogP contribution in [0.1, 0.15) is 30.6 Å². The average Bonchev–Trinajstić information content (AvgIpc) is 2.52. The molecule has 2 aromatic rings. The monoisotopic (exact) mass is 281 g/mol. The summed E-state index contributed by atoms with van der Waals surface area (Å²) in [6.07, 6.45) is 5.87. The summed E-state index contributed by atoms with van der Waals surface area (Å²) >= 11 is 0. The number of pyridine rings is 2. The quantitative estimate of drug-likeness (QED) is 0.879. The molecule has 0 aromatic carbocycles. The Morgan fingerprint density at radius 3 is 2.76 bits per heavy atom. The molecule has 0 saturated carbocycles. The summed E-state index contributed by atoms with van der Waals surface area (Å²) in [5, 5.41) is 8.82. The van der Waals surface area contributed by atoms with Crippen molar-refractivity contribution in [3.05, 3.63) is 54.1 Å². The van der Waals surface area contributed by atoms with Gasteiger partial charge in [0.25, 0.3) is 0 Å². The fourth-order valence-corrected chi connectivity index (χ4v) is 2.05. The van der Waals surface area contributed by atoms with Crippen LogP contribution >= 0.6 is 0 Å². The summed E-state index contributed by atoms with van der Waals surface area (Å²) in [4.78, 5) is 10.6. The Balaban J connectivity index is 2.17. The van der Waals surface area contributed by atoms with Crippen molar-refractivity contribution in [2.45, 2.75) is 25.9 Å². The summed E-state index contributed by atoms with van der Waals surface area (Å²) < 4.78 is 0. The van der Waals surface area contributed by atoms with Crippen LogP contribution in [0.5, 0.6) is 0 Å². The first-order valence-electron chi connectivity index (χ1n) is 6.93. The number of hydrogen-bond donors (Lipinski definition) is 1. The molecule has 21 heavy (non-hydrogen) atoms. The van der Waals surface area contributed by atoms with E-state index in [1.54, 1.807) is 6.20 Å². The average molecular weight is 281 g/mol. The Kier molecular flexibility index (Phi) is 5.24. The van der Waals surface area contributed by atoms with Gasteiger partial charge in [-0.3, -0.25) is 9.97 Å². The van der Waals surface area contributed by atoms with Crippen LogP contribution in [0.3, 0.4) is 0 Å². The molecule has 0 bridgehead atoms. The van der Waals surface area contributed by atoms with E-state index < -0.39 is 0 Å². The van der Waals surface area contributed by atoms with Crippen molar-refractivity contribution in [1.82, 2.24) is 9.97 Å². The van der Waals surface area contributed by atoms with Gasteiger partial charge in [-0.05, 0) is 30.7 Å². The number of nitrogens with zero attached hydrogens (tertiary/aromatic N) is 4. The molecular formula is C16H19N5. The second-order valence-corrected chi connectivity index (χ2v) is 4.92. The van der Waals surface area contributed by atoms with Gasteiger partial charge in [0, 0.05) is 31.5 Å². The van der Waals surface area contributed by atoms with Gasteiger partial charge in [-0.2, -0.15) is 5.26 Å². The number of anilines is 1. The SMILES string of the molecule is CC(N)c1ccc(N(CCC#N)Cc2cccnc2)cn1. The molecule has 0 spiro atoms. The van der Waals surface area contributed by atoms with E-state index in [4.69, 9.17) is 11.0 Å². The molecule has 2 aromatic heterocycles. The fourth-order valence-electron chi connectivity index (χ4n) is 2.05. The van der Waals surface area contributed by atoms with Gasteiger partial charge in [-0.15, -0.1) is 0 Å². The molecule has 5 heteroatoms. The molecule has 108 valence electrons. The lowest BCUT2D eigenvalue weighted by Gasteiger charge is -2.23. The minimum Gasteiger partial charge on any atom is -0.365 e. The van der Waals surface area contributed by atoms with Gasteiger partial charge in [0.15, 0.2) is 0 Å². The predicted molar refractivity (Wildman–Crippen MR) is 82.4 cm³/mol. The van der Waals surface area contributed by atoms with Crippen LogP contribution in [0.4, 0.5) is 5.69 Å². The van der Waals surface area contributed by atoms with E-state index in [-0.39, 0.29) is 6.04 Å². The molecule has 0 aliphatic heterocycles. The van der Waals surface area contributed by atoms with E-state index in [2.05, 4.69) is 20.9 Å². The van der Waals surface area contributed by atoms with Crippen molar-refractivity contribution in [3.8, 4) is 6.07 Å².